The fraction of sp³-hybridized carbons (Fsp3) is 0.667. The Morgan fingerprint density at radius 3 is 2.29 bits per heavy atom. The van der Waals surface area contributed by atoms with E-state index < -0.39 is 10.2 Å². The number of nitrogens with zero attached hydrogens (tertiary/aromatic N) is 2. The lowest BCUT2D eigenvalue weighted by Crippen LogP contribution is -2.43. The maximum atomic E-state index is 10.4. The van der Waals surface area contributed by atoms with Gasteiger partial charge in [0.2, 0.25) is 0 Å². The van der Waals surface area contributed by atoms with Crippen LogP contribution in [-0.4, -0.2) is 36.9 Å². The number of phenolic OH excluding ortho intramolecular Hbond substituents is 1. The third kappa shape index (κ3) is 4.61. The molecule has 0 bridgehead atoms. The van der Waals surface area contributed by atoms with Crippen molar-refractivity contribution in [3.63, 3.8) is 0 Å². The molecule has 0 amide bonds. The van der Waals surface area contributed by atoms with Gasteiger partial charge in [-0.25, -0.2) is 0 Å². The second kappa shape index (κ2) is 8.59. The van der Waals surface area contributed by atoms with Crippen molar-refractivity contribution in [3.8, 4) is 5.75 Å². The van der Waals surface area contributed by atoms with Crippen molar-refractivity contribution < 1.29 is 30.8 Å². The highest BCUT2D eigenvalue weighted by molar-refractivity contribution is 5.40. The molecule has 10 nitrogen and oxygen atoms in total. The van der Waals surface area contributed by atoms with Crippen LogP contribution in [-0.2, 0) is 6.42 Å². The van der Waals surface area contributed by atoms with Crippen LogP contribution >= 0.6 is 0 Å². The summed E-state index contributed by atoms with van der Waals surface area (Å²) in [6, 6.07) is 5.96. The third-order valence-corrected chi connectivity index (χ3v) is 6.66. The zero-order valence-electron chi connectivity index (χ0n) is 15.6. The number of benzene rings is 1. The standard InChI is InChI=1S/C18H24O2.2HNO3/c1-18-9-8-14-13-5-3-12(19)10-11(13)2-4-15(14)16(18)6-7-17(18)20;2*2-1(3)4/h3,5,10,14-17,19-20H,2,4,6-9H2,1H3;2*(H,2,3,4)/t14-,15-,16+,17+,18+;;/m1../s1. The van der Waals surface area contributed by atoms with E-state index in [1.165, 1.54) is 30.4 Å². The summed E-state index contributed by atoms with van der Waals surface area (Å²) in [5.41, 5.74) is 2.99. The van der Waals surface area contributed by atoms with Gasteiger partial charge in [-0.3, -0.25) is 0 Å². The number of aliphatic hydroxyl groups is 1. The third-order valence-electron chi connectivity index (χ3n) is 6.66. The molecule has 3 aliphatic rings. The number of hydrogen-bond acceptors (Lipinski definition) is 6. The second-order valence-corrected chi connectivity index (χ2v) is 7.91. The van der Waals surface area contributed by atoms with Gasteiger partial charge in [-0.05, 0) is 85.0 Å². The Balaban J connectivity index is 0.000000302. The molecule has 0 heterocycles. The first-order valence-electron chi connectivity index (χ1n) is 9.22. The van der Waals surface area contributed by atoms with Gasteiger partial charge < -0.3 is 20.6 Å². The monoisotopic (exact) mass is 398 g/mol. The lowest BCUT2D eigenvalue weighted by Gasteiger charge is -2.50. The molecular formula is C18H26N2O8. The normalized spacial score (nSPS) is 32.2. The molecule has 10 heteroatoms. The number of aryl methyl sites for hydroxylation is 1. The van der Waals surface area contributed by atoms with Crippen molar-refractivity contribution in [1.82, 2.24) is 0 Å². The van der Waals surface area contributed by atoms with Crippen molar-refractivity contribution in [1.29, 1.82) is 0 Å². The highest BCUT2D eigenvalue weighted by Gasteiger charge is 2.54. The van der Waals surface area contributed by atoms with E-state index in [0.29, 0.717) is 17.6 Å². The Hall–Kier alpha value is -2.62. The number of hydrogen-bond donors (Lipinski definition) is 4. The molecule has 2 fully saturated rings. The Kier molecular flexibility index (Phi) is 6.65. The first kappa shape index (κ1) is 21.7. The molecular weight excluding hydrogens is 372 g/mol. The first-order valence-corrected chi connectivity index (χ1v) is 9.22. The van der Waals surface area contributed by atoms with Crippen molar-refractivity contribution in [3.05, 3.63) is 49.6 Å². The van der Waals surface area contributed by atoms with Gasteiger partial charge in [0.1, 0.15) is 5.75 Å². The second-order valence-electron chi connectivity index (χ2n) is 7.91. The molecule has 4 N–H and O–H groups in total. The van der Waals surface area contributed by atoms with Crippen LogP contribution in [0.5, 0.6) is 5.75 Å². The SMILES string of the molecule is C[C@]12CC[C@@H]3c4ccc(O)cc4CC[C@H]3[C@@H]1CC[C@@H]2O.O=[N+]([O-])O.O=[N+]([O-])O. The predicted octanol–water partition coefficient (Wildman–Crippen LogP) is 2.91. The van der Waals surface area contributed by atoms with Gasteiger partial charge in [-0.2, -0.15) is 0 Å². The summed E-state index contributed by atoms with van der Waals surface area (Å²) in [5.74, 6) is 2.49. The van der Waals surface area contributed by atoms with Gasteiger partial charge in [0.15, 0.2) is 0 Å². The Morgan fingerprint density at radius 2 is 1.68 bits per heavy atom. The molecule has 0 saturated heterocycles. The van der Waals surface area contributed by atoms with Crippen molar-refractivity contribution in [2.75, 3.05) is 0 Å². The fourth-order valence-corrected chi connectivity index (χ4v) is 5.54. The molecule has 0 radical (unpaired) electrons. The minimum atomic E-state index is -1.50. The summed E-state index contributed by atoms with van der Waals surface area (Å²) in [5, 5.41) is 47.3. The zero-order chi connectivity index (χ0) is 21.1. The van der Waals surface area contributed by atoms with E-state index >= 15 is 0 Å². The summed E-state index contributed by atoms with van der Waals surface area (Å²) in [6.07, 6.45) is 6.78. The summed E-state index contributed by atoms with van der Waals surface area (Å²) in [7, 11) is 0. The number of fused-ring (bicyclic) bond motifs is 5. The van der Waals surface area contributed by atoms with E-state index in [4.69, 9.17) is 30.6 Å². The Morgan fingerprint density at radius 1 is 1.07 bits per heavy atom. The van der Waals surface area contributed by atoms with Crippen molar-refractivity contribution in [2.24, 2.45) is 17.3 Å². The minimum Gasteiger partial charge on any atom is -0.508 e. The van der Waals surface area contributed by atoms with Gasteiger partial charge in [-0.1, -0.05) is 13.0 Å². The van der Waals surface area contributed by atoms with Crippen LogP contribution in [0.2, 0.25) is 0 Å². The smallest absolute Gasteiger partial charge is 0.291 e. The molecule has 1 aromatic carbocycles. The van der Waals surface area contributed by atoms with Gasteiger partial charge in [0.25, 0.3) is 10.2 Å². The van der Waals surface area contributed by atoms with Crippen LogP contribution < -0.4 is 0 Å². The van der Waals surface area contributed by atoms with E-state index in [0.717, 1.165) is 25.2 Å². The number of phenols is 1. The van der Waals surface area contributed by atoms with Crippen LogP contribution in [0.4, 0.5) is 0 Å². The molecule has 3 aliphatic carbocycles. The molecule has 0 aliphatic heterocycles. The molecule has 1 aromatic rings. The lowest BCUT2D eigenvalue weighted by molar-refractivity contribution is -0.742. The molecule has 0 aromatic heterocycles. The zero-order valence-corrected chi connectivity index (χ0v) is 15.6. The molecule has 2 saturated carbocycles. The molecule has 28 heavy (non-hydrogen) atoms. The van der Waals surface area contributed by atoms with E-state index in [2.05, 4.69) is 13.0 Å². The van der Waals surface area contributed by atoms with Gasteiger partial charge in [0, 0.05) is 0 Å². The average molecular weight is 398 g/mol. The summed E-state index contributed by atoms with van der Waals surface area (Å²) in [6.45, 7) is 2.32. The predicted molar refractivity (Wildman–Crippen MR) is 96.3 cm³/mol. The van der Waals surface area contributed by atoms with Crippen molar-refractivity contribution in [2.45, 2.75) is 57.5 Å². The number of aliphatic hydroxyl groups excluding tert-OH is 1. The van der Waals surface area contributed by atoms with E-state index in [1.807, 2.05) is 12.1 Å². The van der Waals surface area contributed by atoms with Crippen molar-refractivity contribution >= 4 is 0 Å². The summed E-state index contributed by atoms with van der Waals surface area (Å²) < 4.78 is 0. The van der Waals surface area contributed by atoms with Crippen LogP contribution in [0.15, 0.2) is 18.2 Å². The number of rotatable bonds is 0. The maximum absolute atomic E-state index is 10.4. The quantitative estimate of drug-likeness (QED) is 0.382. The Labute approximate surface area is 161 Å². The summed E-state index contributed by atoms with van der Waals surface area (Å²) >= 11 is 0. The molecule has 5 atom stereocenters. The van der Waals surface area contributed by atoms with Crippen LogP contribution in [0.3, 0.4) is 0 Å². The van der Waals surface area contributed by atoms with Crippen LogP contribution in [0.1, 0.15) is 56.1 Å². The average Bonchev–Trinajstić information content (AvgIpc) is 2.89. The molecule has 4 rings (SSSR count). The minimum absolute atomic E-state index is 0.0883. The van der Waals surface area contributed by atoms with E-state index in [9.17, 15) is 10.2 Å². The molecule has 0 spiro atoms. The highest BCUT2D eigenvalue weighted by Crippen LogP contribution is 2.60. The van der Waals surface area contributed by atoms with E-state index in [-0.39, 0.29) is 11.5 Å². The molecule has 0 unspecified atom stereocenters. The summed E-state index contributed by atoms with van der Waals surface area (Å²) in [4.78, 5) is 16.7. The maximum Gasteiger partial charge on any atom is 0.291 e. The van der Waals surface area contributed by atoms with Gasteiger partial charge in [-0.15, -0.1) is 20.2 Å². The first-order chi connectivity index (χ1) is 13.1. The topological polar surface area (TPSA) is 167 Å². The van der Waals surface area contributed by atoms with Crippen LogP contribution in [0.25, 0.3) is 0 Å². The molecule has 156 valence electrons. The van der Waals surface area contributed by atoms with Gasteiger partial charge in [0.05, 0.1) is 6.10 Å². The lowest BCUT2D eigenvalue weighted by atomic mass is 9.55. The fourth-order valence-electron chi connectivity index (χ4n) is 5.54. The van der Waals surface area contributed by atoms with E-state index in [1.54, 1.807) is 0 Å². The number of aromatic hydroxyl groups is 1. The highest BCUT2D eigenvalue weighted by atomic mass is 16.9. The largest absolute Gasteiger partial charge is 0.508 e. The van der Waals surface area contributed by atoms with Gasteiger partial charge >= 0.3 is 0 Å². The van der Waals surface area contributed by atoms with Crippen LogP contribution in [0, 0.1) is 37.5 Å². The Bertz CT molecular complexity index is 708.